The predicted octanol–water partition coefficient (Wildman–Crippen LogP) is 2.15. The number of carboxylic acids is 1. The van der Waals surface area contributed by atoms with Gasteiger partial charge in [0.05, 0.1) is 6.61 Å². The third-order valence-corrected chi connectivity index (χ3v) is 5.59. The molecule has 2 aromatic rings. The number of nitrogens with one attached hydrogen (secondary N) is 2. The number of rotatable bonds is 11. The fourth-order valence-corrected chi connectivity index (χ4v) is 3.02. The summed E-state index contributed by atoms with van der Waals surface area (Å²) in [6.07, 6.45) is 3.68. The van der Waals surface area contributed by atoms with Gasteiger partial charge < -0.3 is 48.9 Å². The van der Waals surface area contributed by atoms with Gasteiger partial charge in [-0.1, -0.05) is 36.0 Å². The van der Waals surface area contributed by atoms with Crippen LogP contribution in [-0.2, 0) is 4.79 Å². The monoisotopic (exact) mass is 624 g/mol. The minimum Gasteiger partial charge on any atom is -0.479 e. The van der Waals surface area contributed by atoms with Crippen molar-refractivity contribution in [3.8, 4) is 0 Å². The zero-order valence-electron chi connectivity index (χ0n) is 23.2. The molecule has 0 aliphatic rings. The molecule has 0 spiro atoms. The van der Waals surface area contributed by atoms with Crippen LogP contribution in [0.3, 0.4) is 0 Å². The second kappa shape index (κ2) is 19.1. The largest absolute Gasteiger partial charge is 0.479 e. The molecule has 14 nitrogen and oxygen atoms in total. The summed E-state index contributed by atoms with van der Waals surface area (Å²) < 4.78 is 0. The molecular weight excluding hydrogens is 587 g/mol. The Balaban J connectivity index is 0.000000962. The molecule has 1 atom stereocenters. The van der Waals surface area contributed by atoms with Crippen LogP contribution >= 0.6 is 23.2 Å². The van der Waals surface area contributed by atoms with Crippen molar-refractivity contribution in [3.05, 3.63) is 58.6 Å². The van der Waals surface area contributed by atoms with Crippen molar-refractivity contribution >= 4 is 64.4 Å². The number of hydrogen-bond acceptors (Lipinski definition) is 5. The third kappa shape index (κ3) is 16.2. The Morgan fingerprint density at radius 1 is 0.762 bits per heavy atom. The van der Waals surface area contributed by atoms with E-state index in [0.29, 0.717) is 23.1 Å². The number of hydrogen-bond donors (Lipinski definition) is 9. The van der Waals surface area contributed by atoms with E-state index in [0.717, 1.165) is 44.0 Å². The summed E-state index contributed by atoms with van der Waals surface area (Å²) in [5.41, 5.74) is 22.8. The van der Waals surface area contributed by atoms with Gasteiger partial charge in [0.1, 0.15) is 0 Å². The number of benzene rings is 2. The van der Waals surface area contributed by atoms with E-state index in [2.05, 4.69) is 30.6 Å². The first kappa shape index (κ1) is 35.9. The van der Waals surface area contributed by atoms with E-state index in [-0.39, 0.29) is 23.8 Å². The van der Waals surface area contributed by atoms with Gasteiger partial charge in [-0.15, -0.1) is 0 Å². The Hall–Kier alpha value is -4.11. The summed E-state index contributed by atoms with van der Waals surface area (Å²) in [7, 11) is 0. The van der Waals surface area contributed by atoms with Crippen LogP contribution in [0.1, 0.15) is 32.6 Å². The smallest absolute Gasteiger partial charge is 0.337 e. The maximum atomic E-state index is 9.84. The molecular formula is C26H38Cl2N10O4. The van der Waals surface area contributed by atoms with Crippen molar-refractivity contribution < 1.29 is 20.1 Å². The highest BCUT2D eigenvalue weighted by atomic mass is 35.5. The first-order valence-electron chi connectivity index (χ1n) is 12.7. The number of nitrogens with two attached hydrogens (primary N) is 4. The number of anilines is 2. The minimum absolute atomic E-state index is 0.124. The first-order chi connectivity index (χ1) is 19.8. The molecule has 1 unspecified atom stereocenters. The molecule has 0 radical (unpaired) electrons. The van der Waals surface area contributed by atoms with Crippen LogP contribution in [0, 0.1) is 0 Å². The lowest BCUT2D eigenvalue weighted by molar-refractivity contribution is -0.160. The van der Waals surface area contributed by atoms with Crippen molar-refractivity contribution in [2.45, 2.75) is 38.2 Å². The maximum absolute atomic E-state index is 9.84. The third-order valence-electron chi connectivity index (χ3n) is 5.09. The molecule has 0 bridgehead atoms. The summed E-state index contributed by atoms with van der Waals surface area (Å²) in [6.45, 7) is 1.38. The van der Waals surface area contributed by atoms with Crippen LogP contribution in [0.5, 0.6) is 0 Å². The van der Waals surface area contributed by atoms with Gasteiger partial charge in [0.25, 0.3) is 0 Å². The van der Waals surface area contributed by atoms with Crippen LogP contribution in [0.15, 0.2) is 68.5 Å². The second-order valence-electron chi connectivity index (χ2n) is 8.89. The molecule has 230 valence electrons. The molecule has 0 saturated heterocycles. The number of carbonyl (C=O) groups is 1. The van der Waals surface area contributed by atoms with E-state index in [4.69, 9.17) is 61.5 Å². The van der Waals surface area contributed by atoms with Gasteiger partial charge in [0.15, 0.2) is 5.60 Å². The molecule has 0 fully saturated rings. The quantitative estimate of drug-likeness (QED) is 0.0998. The van der Waals surface area contributed by atoms with Gasteiger partial charge in [0.2, 0.25) is 23.8 Å². The number of guanidine groups is 4. The van der Waals surface area contributed by atoms with Crippen LogP contribution in [0.2, 0.25) is 10.0 Å². The molecule has 0 aliphatic heterocycles. The predicted molar refractivity (Wildman–Crippen MR) is 170 cm³/mol. The molecule has 0 aliphatic carbocycles. The second-order valence-corrected chi connectivity index (χ2v) is 9.76. The van der Waals surface area contributed by atoms with E-state index in [1.165, 1.54) is 0 Å². The first-order valence-corrected chi connectivity index (χ1v) is 13.5. The van der Waals surface area contributed by atoms with Crippen molar-refractivity contribution in [2.24, 2.45) is 42.9 Å². The van der Waals surface area contributed by atoms with Gasteiger partial charge in [-0.3, -0.25) is 9.98 Å². The van der Waals surface area contributed by atoms with Crippen molar-refractivity contribution in [1.82, 2.24) is 0 Å². The van der Waals surface area contributed by atoms with Gasteiger partial charge in [-0.2, -0.15) is 9.98 Å². The zero-order valence-corrected chi connectivity index (χ0v) is 24.7. The molecule has 0 heterocycles. The van der Waals surface area contributed by atoms with Crippen LogP contribution in [-0.4, -0.2) is 70.4 Å². The molecule has 16 heteroatoms. The normalized spacial score (nSPS) is 13.9. The lowest BCUT2D eigenvalue weighted by Crippen LogP contribution is -2.38. The van der Waals surface area contributed by atoms with E-state index < -0.39 is 18.2 Å². The molecule has 2 rings (SSSR count). The molecule has 0 amide bonds. The Bertz CT molecular complexity index is 1150. The average Bonchev–Trinajstić information content (AvgIpc) is 2.92. The van der Waals surface area contributed by atoms with Crippen LogP contribution in [0.25, 0.3) is 0 Å². The number of halogens is 2. The summed E-state index contributed by atoms with van der Waals surface area (Å²) in [5, 5.41) is 31.8. The SMILES string of the molecule is CC(O)(CO)C(=O)O.NC(=NCCCCCCN=C(N)N=C(N)Nc1ccc(Cl)cc1)N=C(N)Nc1ccc(Cl)cc1. The van der Waals surface area contributed by atoms with E-state index >= 15 is 0 Å². The summed E-state index contributed by atoms with van der Waals surface area (Å²) in [4.78, 5) is 26.3. The number of aliphatic carboxylic acids is 1. The Morgan fingerprint density at radius 2 is 1.12 bits per heavy atom. The standard InChI is InChI=1S/C22H30Cl2N10.C4H8O4/c23-15-5-9-17(10-6-15)31-21(27)33-19(25)29-13-3-1-2-4-14-30-20(26)34-22(28)32-18-11-7-16(24)8-12-18;1-4(8,2-5)3(6)7/h5-12H,1-4,13-14H2,(H5,25,27,29,31,33)(H5,26,28,30,32,34);5,8H,2H2,1H3,(H,6,7). The van der Waals surface area contributed by atoms with Crippen LogP contribution in [0.4, 0.5) is 11.4 Å². The minimum atomic E-state index is -1.99. The summed E-state index contributed by atoms with van der Waals surface area (Å²) in [5.74, 6) is -0.852. The highest BCUT2D eigenvalue weighted by molar-refractivity contribution is 6.31. The number of aliphatic hydroxyl groups excluding tert-OH is 1. The van der Waals surface area contributed by atoms with Gasteiger partial charge in [-0.25, -0.2) is 4.79 Å². The number of carboxylic acid groups (broad SMARTS) is 1. The Morgan fingerprint density at radius 3 is 1.40 bits per heavy atom. The van der Waals surface area contributed by atoms with Crippen molar-refractivity contribution in [2.75, 3.05) is 30.3 Å². The van der Waals surface area contributed by atoms with E-state index in [1.54, 1.807) is 48.5 Å². The lowest BCUT2D eigenvalue weighted by Gasteiger charge is -2.12. The van der Waals surface area contributed by atoms with Crippen molar-refractivity contribution in [3.63, 3.8) is 0 Å². The average molecular weight is 626 g/mol. The maximum Gasteiger partial charge on any atom is 0.337 e. The summed E-state index contributed by atoms with van der Waals surface area (Å²) >= 11 is 11.7. The van der Waals surface area contributed by atoms with E-state index in [1.807, 2.05) is 0 Å². The molecule has 42 heavy (non-hydrogen) atoms. The van der Waals surface area contributed by atoms with Gasteiger partial charge in [0, 0.05) is 34.5 Å². The number of nitrogens with zero attached hydrogens (tertiary/aromatic N) is 4. The number of aliphatic imine (C=N–C) groups is 4. The summed E-state index contributed by atoms with van der Waals surface area (Å²) in [6, 6.07) is 14.1. The molecule has 2 aromatic carbocycles. The lowest BCUT2D eigenvalue weighted by atomic mass is 10.1. The van der Waals surface area contributed by atoms with Crippen molar-refractivity contribution in [1.29, 1.82) is 0 Å². The fourth-order valence-electron chi connectivity index (χ4n) is 2.77. The van der Waals surface area contributed by atoms with Gasteiger partial charge >= 0.3 is 5.97 Å². The molecule has 13 N–H and O–H groups in total. The zero-order chi connectivity index (χ0) is 31.5. The Kier molecular flexibility index (Phi) is 16.3. The fraction of sp³-hybridized carbons (Fsp3) is 0.346. The highest BCUT2D eigenvalue weighted by Gasteiger charge is 2.28. The number of aliphatic hydroxyl groups is 2. The molecule has 0 saturated carbocycles. The van der Waals surface area contributed by atoms with Gasteiger partial charge in [-0.05, 0) is 68.3 Å². The number of unbranched alkanes of at least 4 members (excludes halogenated alkanes) is 3. The van der Waals surface area contributed by atoms with E-state index in [9.17, 15) is 4.79 Å². The highest BCUT2D eigenvalue weighted by Crippen LogP contribution is 2.13. The topological polar surface area (TPSA) is 255 Å². The van der Waals surface area contributed by atoms with Crippen LogP contribution < -0.4 is 33.6 Å². The Labute approximate surface area is 254 Å². The molecule has 0 aromatic heterocycles.